The van der Waals surface area contributed by atoms with E-state index in [0.29, 0.717) is 5.56 Å². The maximum Gasteiger partial charge on any atom is 0.160 e. The van der Waals surface area contributed by atoms with Crippen LogP contribution in [0.15, 0.2) is 12.1 Å². The summed E-state index contributed by atoms with van der Waals surface area (Å²) in [4.78, 5) is 0. The minimum atomic E-state index is -1.03. The Balaban J connectivity index is 3.35. The van der Waals surface area contributed by atoms with E-state index >= 15 is 0 Å². The number of nitrogens with zero attached hydrogens (tertiary/aromatic N) is 1. The first-order chi connectivity index (χ1) is 6.06. The number of nitriles is 1. The second-order valence-electron chi connectivity index (χ2n) is 2.75. The lowest BCUT2D eigenvalue weighted by Crippen LogP contribution is -2.08. The van der Waals surface area contributed by atoms with Crippen molar-refractivity contribution in [2.45, 2.75) is 13.0 Å². The fourth-order valence-electron chi connectivity index (χ4n) is 1.04. The van der Waals surface area contributed by atoms with Crippen molar-refractivity contribution in [3.8, 4) is 6.07 Å². The van der Waals surface area contributed by atoms with Gasteiger partial charge in [-0.1, -0.05) is 0 Å². The highest BCUT2D eigenvalue weighted by Crippen LogP contribution is 2.18. The summed E-state index contributed by atoms with van der Waals surface area (Å²) in [6, 6.07) is 3.09. The van der Waals surface area contributed by atoms with Crippen molar-refractivity contribution in [2.24, 2.45) is 5.73 Å². The topological polar surface area (TPSA) is 49.8 Å². The molecule has 1 aromatic rings. The van der Waals surface area contributed by atoms with Gasteiger partial charge in [0.15, 0.2) is 11.6 Å². The molecule has 68 valence electrons. The van der Waals surface area contributed by atoms with Crippen LogP contribution in [0.5, 0.6) is 0 Å². The third-order valence-corrected chi connectivity index (χ3v) is 1.70. The maximum absolute atomic E-state index is 12.7. The third-order valence-electron chi connectivity index (χ3n) is 1.70. The lowest BCUT2D eigenvalue weighted by atomic mass is 10.0. The van der Waals surface area contributed by atoms with Crippen LogP contribution in [0, 0.1) is 23.0 Å². The smallest absolute Gasteiger partial charge is 0.160 e. The van der Waals surface area contributed by atoms with Crippen LogP contribution in [-0.4, -0.2) is 0 Å². The summed E-state index contributed by atoms with van der Waals surface area (Å²) in [5.74, 6) is -2.01. The molecule has 0 saturated heterocycles. The predicted octanol–water partition coefficient (Wildman–Crippen LogP) is 1.86. The molecule has 2 N–H and O–H groups in total. The van der Waals surface area contributed by atoms with Crippen LogP contribution in [0.2, 0.25) is 0 Å². The highest BCUT2D eigenvalue weighted by molar-refractivity contribution is 5.40. The van der Waals surface area contributed by atoms with Crippen LogP contribution in [0.25, 0.3) is 0 Å². The number of hydrogen-bond acceptors (Lipinski definition) is 2. The Bertz CT molecular complexity index is 367. The molecular weight excluding hydrogens is 174 g/mol. The van der Waals surface area contributed by atoms with E-state index in [0.717, 1.165) is 12.1 Å². The Morgan fingerprint density at radius 3 is 2.38 bits per heavy atom. The van der Waals surface area contributed by atoms with Crippen LogP contribution >= 0.6 is 0 Å². The SMILES string of the molecule is C[C@@H](N)c1cc(F)c(F)cc1C#N. The molecule has 0 aliphatic heterocycles. The van der Waals surface area contributed by atoms with Crippen molar-refractivity contribution < 1.29 is 8.78 Å². The first-order valence-corrected chi connectivity index (χ1v) is 3.71. The molecule has 0 radical (unpaired) electrons. The summed E-state index contributed by atoms with van der Waals surface area (Å²) in [5, 5.41) is 8.59. The Morgan fingerprint density at radius 1 is 1.38 bits per heavy atom. The molecule has 4 heteroatoms. The van der Waals surface area contributed by atoms with E-state index in [2.05, 4.69) is 0 Å². The van der Waals surface area contributed by atoms with Crippen molar-refractivity contribution >= 4 is 0 Å². The number of hydrogen-bond donors (Lipinski definition) is 1. The summed E-state index contributed by atoms with van der Waals surface area (Å²) in [6.45, 7) is 1.60. The molecule has 1 rings (SSSR count). The fourth-order valence-corrected chi connectivity index (χ4v) is 1.04. The van der Waals surface area contributed by atoms with Gasteiger partial charge in [0.2, 0.25) is 0 Å². The van der Waals surface area contributed by atoms with E-state index in [1.807, 2.05) is 0 Å². The van der Waals surface area contributed by atoms with Gasteiger partial charge >= 0.3 is 0 Å². The monoisotopic (exact) mass is 182 g/mol. The summed E-state index contributed by atoms with van der Waals surface area (Å²) >= 11 is 0. The summed E-state index contributed by atoms with van der Waals surface area (Å²) in [6.07, 6.45) is 0. The third kappa shape index (κ3) is 1.82. The standard InChI is InChI=1S/C9H8F2N2/c1-5(13)7-3-9(11)8(10)2-6(7)4-12/h2-3,5H,13H2,1H3/t5-/m1/s1. The normalized spacial score (nSPS) is 12.2. The zero-order valence-electron chi connectivity index (χ0n) is 7.01. The molecule has 2 nitrogen and oxygen atoms in total. The van der Waals surface area contributed by atoms with E-state index in [-0.39, 0.29) is 5.56 Å². The largest absolute Gasteiger partial charge is 0.324 e. The molecule has 13 heavy (non-hydrogen) atoms. The Labute approximate surface area is 74.6 Å². The highest BCUT2D eigenvalue weighted by atomic mass is 19.2. The second kappa shape index (κ2) is 3.50. The van der Waals surface area contributed by atoms with Crippen LogP contribution in [0.3, 0.4) is 0 Å². The quantitative estimate of drug-likeness (QED) is 0.720. The lowest BCUT2D eigenvalue weighted by Gasteiger charge is -2.07. The summed E-state index contributed by atoms with van der Waals surface area (Å²) in [7, 11) is 0. The van der Waals surface area contributed by atoms with Crippen LogP contribution < -0.4 is 5.73 Å². The molecule has 0 heterocycles. The van der Waals surface area contributed by atoms with E-state index in [1.54, 1.807) is 13.0 Å². The molecule has 0 amide bonds. The van der Waals surface area contributed by atoms with E-state index in [9.17, 15) is 8.78 Å². The van der Waals surface area contributed by atoms with Gasteiger partial charge in [-0.15, -0.1) is 0 Å². The molecule has 0 saturated carbocycles. The first kappa shape index (κ1) is 9.62. The van der Waals surface area contributed by atoms with Crippen LogP contribution in [0.4, 0.5) is 8.78 Å². The zero-order chi connectivity index (χ0) is 10.0. The van der Waals surface area contributed by atoms with Gasteiger partial charge in [0.25, 0.3) is 0 Å². The molecule has 1 atom stereocenters. The maximum atomic E-state index is 12.7. The molecule has 0 unspecified atom stereocenters. The van der Waals surface area contributed by atoms with E-state index in [1.165, 1.54) is 0 Å². The number of benzene rings is 1. The van der Waals surface area contributed by atoms with E-state index < -0.39 is 17.7 Å². The lowest BCUT2D eigenvalue weighted by molar-refractivity contribution is 0.505. The molecule has 0 bridgehead atoms. The van der Waals surface area contributed by atoms with Gasteiger partial charge in [-0.3, -0.25) is 0 Å². The molecule has 0 aliphatic rings. The van der Waals surface area contributed by atoms with Crippen molar-refractivity contribution in [3.63, 3.8) is 0 Å². The fraction of sp³-hybridized carbons (Fsp3) is 0.222. The van der Waals surface area contributed by atoms with E-state index in [4.69, 9.17) is 11.0 Å². The zero-order valence-corrected chi connectivity index (χ0v) is 7.01. The van der Waals surface area contributed by atoms with Gasteiger partial charge in [-0.2, -0.15) is 5.26 Å². The molecule has 0 fully saturated rings. The van der Waals surface area contributed by atoms with Gasteiger partial charge in [0.05, 0.1) is 11.6 Å². The number of halogens is 2. The van der Waals surface area contributed by atoms with Crippen LogP contribution in [0.1, 0.15) is 24.1 Å². The van der Waals surface area contributed by atoms with Crippen molar-refractivity contribution in [3.05, 3.63) is 34.9 Å². The number of nitrogens with two attached hydrogens (primary N) is 1. The molecular formula is C9H8F2N2. The summed E-state index contributed by atoms with van der Waals surface area (Å²) in [5.41, 5.74) is 5.87. The Hall–Kier alpha value is -1.47. The minimum Gasteiger partial charge on any atom is -0.324 e. The van der Waals surface area contributed by atoms with Gasteiger partial charge in [-0.25, -0.2) is 8.78 Å². The highest BCUT2D eigenvalue weighted by Gasteiger charge is 2.11. The molecule has 0 spiro atoms. The van der Waals surface area contributed by atoms with Gasteiger partial charge < -0.3 is 5.73 Å². The number of rotatable bonds is 1. The second-order valence-corrected chi connectivity index (χ2v) is 2.75. The average Bonchev–Trinajstić information content (AvgIpc) is 2.08. The Morgan fingerprint density at radius 2 is 1.92 bits per heavy atom. The Kier molecular flexibility index (Phi) is 2.59. The molecule has 0 aromatic heterocycles. The molecule has 1 aromatic carbocycles. The minimum absolute atomic E-state index is 0.0777. The van der Waals surface area contributed by atoms with Gasteiger partial charge in [0.1, 0.15) is 0 Å². The van der Waals surface area contributed by atoms with Gasteiger partial charge in [0, 0.05) is 6.04 Å². The van der Waals surface area contributed by atoms with Crippen molar-refractivity contribution in [1.82, 2.24) is 0 Å². The van der Waals surface area contributed by atoms with Crippen molar-refractivity contribution in [1.29, 1.82) is 5.26 Å². The van der Waals surface area contributed by atoms with Crippen LogP contribution in [-0.2, 0) is 0 Å². The first-order valence-electron chi connectivity index (χ1n) is 3.71. The van der Waals surface area contributed by atoms with Crippen molar-refractivity contribution in [2.75, 3.05) is 0 Å². The predicted molar refractivity (Wildman–Crippen MR) is 43.7 cm³/mol. The van der Waals surface area contributed by atoms with Gasteiger partial charge in [-0.05, 0) is 24.6 Å². The average molecular weight is 182 g/mol. The molecule has 0 aliphatic carbocycles. The summed E-state index contributed by atoms with van der Waals surface area (Å²) < 4.78 is 25.4.